The predicted octanol–water partition coefficient (Wildman–Crippen LogP) is 2.51. The van der Waals surface area contributed by atoms with E-state index in [0.29, 0.717) is 5.56 Å². The normalized spacial score (nSPS) is 12.1. The predicted molar refractivity (Wildman–Crippen MR) is 57.0 cm³/mol. The summed E-state index contributed by atoms with van der Waals surface area (Å²) >= 11 is 3.12. The van der Waals surface area contributed by atoms with Crippen LogP contribution < -0.4 is 0 Å². The Morgan fingerprint density at radius 1 is 1.53 bits per heavy atom. The molecule has 0 heterocycles. The van der Waals surface area contributed by atoms with Crippen LogP contribution in [0.1, 0.15) is 16.8 Å². The number of hydrogen-bond acceptors (Lipinski definition) is 3. The van der Waals surface area contributed by atoms with Gasteiger partial charge >= 0.3 is 5.97 Å². The summed E-state index contributed by atoms with van der Waals surface area (Å²) in [6.07, 6.45) is -0.190. The number of nitro groups is 1. The number of benzene rings is 1. The second kappa shape index (κ2) is 4.88. The topological polar surface area (TPSA) is 80.4 Å². The van der Waals surface area contributed by atoms with Crippen LogP contribution in [-0.4, -0.2) is 16.0 Å². The van der Waals surface area contributed by atoms with Crippen LogP contribution in [0.3, 0.4) is 0 Å². The quantitative estimate of drug-likeness (QED) is 0.519. The Bertz CT molecular complexity index is 393. The molecule has 0 aliphatic heterocycles. The average molecular weight is 274 g/mol. The number of nitrogens with zero attached hydrogens (tertiary/aromatic N) is 1. The highest BCUT2D eigenvalue weighted by Crippen LogP contribution is 2.33. The molecule has 1 aromatic rings. The van der Waals surface area contributed by atoms with Crippen molar-refractivity contribution in [2.45, 2.75) is 11.2 Å². The number of para-hydroxylation sites is 1. The van der Waals surface area contributed by atoms with Gasteiger partial charge in [-0.25, -0.2) is 0 Å². The third-order valence-corrected chi connectivity index (χ3v) is 2.64. The van der Waals surface area contributed by atoms with Crippen LogP contribution >= 0.6 is 15.9 Å². The number of nitro benzene ring substituents is 1. The van der Waals surface area contributed by atoms with Crippen molar-refractivity contribution in [1.29, 1.82) is 0 Å². The van der Waals surface area contributed by atoms with E-state index < -0.39 is 15.7 Å². The van der Waals surface area contributed by atoms with Crippen molar-refractivity contribution in [1.82, 2.24) is 0 Å². The summed E-state index contributed by atoms with van der Waals surface area (Å²) in [5.41, 5.74) is 0.311. The van der Waals surface area contributed by atoms with Crippen LogP contribution in [0.15, 0.2) is 24.3 Å². The van der Waals surface area contributed by atoms with E-state index in [0.717, 1.165) is 0 Å². The Balaban J connectivity index is 3.02. The first kappa shape index (κ1) is 11.6. The van der Waals surface area contributed by atoms with Crippen molar-refractivity contribution >= 4 is 27.6 Å². The molecule has 1 aromatic carbocycles. The van der Waals surface area contributed by atoms with Crippen molar-refractivity contribution in [2.24, 2.45) is 0 Å². The molecular weight excluding hydrogens is 266 g/mol. The highest BCUT2D eigenvalue weighted by atomic mass is 79.9. The van der Waals surface area contributed by atoms with E-state index in [4.69, 9.17) is 5.11 Å². The molecule has 0 amide bonds. The van der Waals surface area contributed by atoms with Crippen molar-refractivity contribution < 1.29 is 14.8 Å². The molecular formula is C9H8BrNO4. The fraction of sp³-hybridized carbons (Fsp3) is 0.222. The molecule has 0 fully saturated rings. The highest BCUT2D eigenvalue weighted by molar-refractivity contribution is 9.09. The van der Waals surface area contributed by atoms with E-state index in [-0.39, 0.29) is 12.1 Å². The number of alkyl halides is 1. The van der Waals surface area contributed by atoms with Crippen molar-refractivity contribution in [3.8, 4) is 0 Å². The van der Waals surface area contributed by atoms with Gasteiger partial charge in [-0.15, -0.1) is 0 Å². The number of hydrogen-bond donors (Lipinski definition) is 1. The number of carbonyl (C=O) groups is 1. The minimum absolute atomic E-state index is 0.0689. The average Bonchev–Trinajstić information content (AvgIpc) is 2.16. The van der Waals surface area contributed by atoms with Gasteiger partial charge in [-0.05, 0) is 0 Å². The number of aliphatic carboxylic acids is 1. The van der Waals surface area contributed by atoms with Crippen molar-refractivity contribution in [2.75, 3.05) is 0 Å². The summed E-state index contributed by atoms with van der Waals surface area (Å²) in [7, 11) is 0. The van der Waals surface area contributed by atoms with Crippen LogP contribution in [0, 0.1) is 10.1 Å². The minimum Gasteiger partial charge on any atom is -0.481 e. The Morgan fingerprint density at radius 2 is 2.13 bits per heavy atom. The van der Waals surface area contributed by atoms with Crippen LogP contribution in [0.5, 0.6) is 0 Å². The first-order chi connectivity index (χ1) is 7.02. The molecule has 0 bridgehead atoms. The van der Waals surface area contributed by atoms with Gasteiger partial charge < -0.3 is 5.11 Å². The first-order valence-corrected chi connectivity index (χ1v) is 5.03. The first-order valence-electron chi connectivity index (χ1n) is 4.11. The zero-order chi connectivity index (χ0) is 11.4. The fourth-order valence-corrected chi connectivity index (χ4v) is 1.85. The highest BCUT2D eigenvalue weighted by Gasteiger charge is 2.21. The number of carboxylic acid groups (broad SMARTS) is 1. The molecule has 0 spiro atoms. The Hall–Kier alpha value is -1.43. The minimum atomic E-state index is -1.00. The molecule has 80 valence electrons. The van der Waals surface area contributed by atoms with Gasteiger partial charge in [0.2, 0.25) is 0 Å². The molecule has 15 heavy (non-hydrogen) atoms. The fourth-order valence-electron chi connectivity index (χ4n) is 1.18. The van der Waals surface area contributed by atoms with Crippen LogP contribution in [0.2, 0.25) is 0 Å². The molecule has 1 unspecified atom stereocenters. The van der Waals surface area contributed by atoms with E-state index in [9.17, 15) is 14.9 Å². The monoisotopic (exact) mass is 273 g/mol. The summed E-state index contributed by atoms with van der Waals surface area (Å²) in [4.78, 5) is 20.0. The van der Waals surface area contributed by atoms with Gasteiger partial charge in [0, 0.05) is 11.6 Å². The van der Waals surface area contributed by atoms with E-state index in [2.05, 4.69) is 15.9 Å². The zero-order valence-corrected chi connectivity index (χ0v) is 9.18. The summed E-state index contributed by atoms with van der Waals surface area (Å²) in [6.45, 7) is 0. The van der Waals surface area contributed by atoms with Crippen molar-refractivity contribution in [3.05, 3.63) is 39.9 Å². The molecule has 1 N–H and O–H groups in total. The molecule has 0 aromatic heterocycles. The van der Waals surface area contributed by atoms with Gasteiger partial charge in [-0.2, -0.15) is 0 Å². The molecule has 1 rings (SSSR count). The van der Waals surface area contributed by atoms with Crippen LogP contribution in [-0.2, 0) is 4.79 Å². The molecule has 5 nitrogen and oxygen atoms in total. The van der Waals surface area contributed by atoms with Gasteiger partial charge in [0.05, 0.1) is 16.2 Å². The molecule has 0 aliphatic carbocycles. The van der Waals surface area contributed by atoms with Crippen molar-refractivity contribution in [3.63, 3.8) is 0 Å². The van der Waals surface area contributed by atoms with Gasteiger partial charge in [-0.3, -0.25) is 14.9 Å². The lowest BCUT2D eigenvalue weighted by atomic mass is 10.1. The van der Waals surface area contributed by atoms with Gasteiger partial charge in [-0.1, -0.05) is 34.1 Å². The third kappa shape index (κ3) is 3.02. The molecule has 6 heteroatoms. The SMILES string of the molecule is O=C(O)CC(Br)c1ccccc1[N+](=O)[O-]. The summed E-state index contributed by atoms with van der Waals surface area (Å²) in [5, 5.41) is 19.2. The van der Waals surface area contributed by atoms with E-state index in [1.165, 1.54) is 6.07 Å². The van der Waals surface area contributed by atoms with Crippen LogP contribution in [0.25, 0.3) is 0 Å². The molecule has 0 aliphatic rings. The largest absolute Gasteiger partial charge is 0.481 e. The molecule has 1 atom stereocenters. The lowest BCUT2D eigenvalue weighted by Gasteiger charge is -2.07. The van der Waals surface area contributed by atoms with E-state index in [1.54, 1.807) is 18.2 Å². The second-order valence-electron chi connectivity index (χ2n) is 2.88. The Labute approximate surface area is 94.0 Å². The van der Waals surface area contributed by atoms with Gasteiger partial charge in [0.1, 0.15) is 0 Å². The lowest BCUT2D eigenvalue weighted by Crippen LogP contribution is -2.03. The smallest absolute Gasteiger partial charge is 0.304 e. The van der Waals surface area contributed by atoms with Gasteiger partial charge in [0.25, 0.3) is 5.69 Å². The van der Waals surface area contributed by atoms with E-state index in [1.807, 2.05) is 0 Å². The number of carboxylic acids is 1. The standard InChI is InChI=1S/C9H8BrNO4/c10-7(5-9(12)13)6-3-1-2-4-8(6)11(14)15/h1-4,7H,5H2,(H,12,13). The lowest BCUT2D eigenvalue weighted by molar-refractivity contribution is -0.385. The Kier molecular flexibility index (Phi) is 3.79. The summed E-state index contributed by atoms with van der Waals surface area (Å²) in [6, 6.07) is 6.08. The second-order valence-corrected chi connectivity index (χ2v) is 3.99. The van der Waals surface area contributed by atoms with Crippen LogP contribution in [0.4, 0.5) is 5.69 Å². The number of rotatable bonds is 4. The molecule has 0 saturated heterocycles. The maximum absolute atomic E-state index is 10.6. The maximum Gasteiger partial charge on any atom is 0.304 e. The summed E-state index contributed by atoms with van der Waals surface area (Å²) < 4.78 is 0. The van der Waals surface area contributed by atoms with E-state index >= 15 is 0 Å². The zero-order valence-electron chi connectivity index (χ0n) is 7.59. The number of halogens is 1. The third-order valence-electron chi connectivity index (χ3n) is 1.82. The van der Waals surface area contributed by atoms with Gasteiger partial charge in [0.15, 0.2) is 0 Å². The molecule has 0 saturated carbocycles. The summed E-state index contributed by atoms with van der Waals surface area (Å²) in [5.74, 6) is -1.00. The maximum atomic E-state index is 10.6. The molecule has 0 radical (unpaired) electrons. The Morgan fingerprint density at radius 3 is 2.67 bits per heavy atom.